The Balaban J connectivity index is 2.29. The van der Waals surface area contributed by atoms with Crippen LogP contribution in [0.5, 0.6) is 0 Å². The fraction of sp³-hybridized carbons (Fsp3) is 0.385. The van der Waals surface area contributed by atoms with E-state index in [1.807, 2.05) is 25.1 Å². The van der Waals surface area contributed by atoms with Crippen LogP contribution in [0.1, 0.15) is 25.3 Å². The summed E-state index contributed by atoms with van der Waals surface area (Å²) in [6, 6.07) is 7.29. The molecule has 0 amide bonds. The molecular formula is C13H19N3O2S. The Hall–Kier alpha value is -1.37. The third-order valence-electron chi connectivity index (χ3n) is 3.01. The maximum atomic E-state index is 12.1. The molecule has 4 N–H and O–H groups in total. The predicted molar refractivity (Wildman–Crippen MR) is 76.3 cm³/mol. The molecule has 19 heavy (non-hydrogen) atoms. The van der Waals surface area contributed by atoms with Crippen LogP contribution in [-0.2, 0) is 16.6 Å². The second-order valence-electron chi connectivity index (χ2n) is 4.51. The van der Waals surface area contributed by atoms with E-state index in [0.717, 1.165) is 29.3 Å². The van der Waals surface area contributed by atoms with Gasteiger partial charge >= 0.3 is 0 Å². The highest BCUT2D eigenvalue weighted by atomic mass is 32.2. The summed E-state index contributed by atoms with van der Waals surface area (Å²) >= 11 is 0. The van der Waals surface area contributed by atoms with Crippen LogP contribution in [-0.4, -0.2) is 19.9 Å². The molecule has 0 bridgehead atoms. The first-order valence-electron chi connectivity index (χ1n) is 6.38. The number of fused-ring (bicyclic) bond motifs is 1. The zero-order chi connectivity index (χ0) is 13.9. The molecule has 6 heteroatoms. The van der Waals surface area contributed by atoms with E-state index >= 15 is 0 Å². The average molecular weight is 281 g/mol. The molecule has 0 spiro atoms. The maximum absolute atomic E-state index is 12.1. The summed E-state index contributed by atoms with van der Waals surface area (Å²) in [7, 11) is -3.45. The number of nitrogens with one attached hydrogen (secondary N) is 2. The van der Waals surface area contributed by atoms with Crippen LogP contribution in [0.2, 0.25) is 0 Å². The van der Waals surface area contributed by atoms with Gasteiger partial charge in [-0.15, -0.1) is 0 Å². The molecule has 0 aliphatic carbocycles. The lowest BCUT2D eigenvalue weighted by molar-refractivity contribution is 0.575. The molecule has 0 saturated heterocycles. The highest BCUT2D eigenvalue weighted by molar-refractivity contribution is 7.89. The summed E-state index contributed by atoms with van der Waals surface area (Å²) in [5.41, 5.74) is 7.33. The highest BCUT2D eigenvalue weighted by Gasteiger charge is 2.16. The van der Waals surface area contributed by atoms with E-state index in [4.69, 9.17) is 5.73 Å². The molecule has 0 saturated carbocycles. The first-order valence-corrected chi connectivity index (χ1v) is 7.86. The zero-order valence-corrected chi connectivity index (χ0v) is 11.8. The third kappa shape index (κ3) is 3.15. The SMILES string of the molecule is CCCCNS(=O)(=O)c1cc2ccc(CN)cc2[nH]1. The highest BCUT2D eigenvalue weighted by Crippen LogP contribution is 2.19. The van der Waals surface area contributed by atoms with E-state index in [9.17, 15) is 8.42 Å². The lowest BCUT2D eigenvalue weighted by Crippen LogP contribution is -2.24. The van der Waals surface area contributed by atoms with Gasteiger partial charge in [-0.1, -0.05) is 25.5 Å². The number of hydrogen-bond donors (Lipinski definition) is 3. The third-order valence-corrected chi connectivity index (χ3v) is 4.39. The van der Waals surface area contributed by atoms with Gasteiger partial charge in [-0.3, -0.25) is 0 Å². The molecule has 1 aromatic heterocycles. The minimum absolute atomic E-state index is 0.202. The van der Waals surface area contributed by atoms with Crippen LogP contribution in [0.25, 0.3) is 10.9 Å². The predicted octanol–water partition coefficient (Wildman–Crippen LogP) is 1.71. The van der Waals surface area contributed by atoms with Gasteiger partial charge in [0, 0.05) is 24.0 Å². The second kappa shape index (κ2) is 5.73. The van der Waals surface area contributed by atoms with E-state index in [1.165, 1.54) is 0 Å². The fourth-order valence-corrected chi connectivity index (χ4v) is 2.98. The number of hydrogen-bond acceptors (Lipinski definition) is 3. The van der Waals surface area contributed by atoms with Crippen molar-refractivity contribution in [2.24, 2.45) is 5.73 Å². The molecule has 0 fully saturated rings. The Morgan fingerprint density at radius 3 is 2.79 bits per heavy atom. The summed E-state index contributed by atoms with van der Waals surface area (Å²) in [6.45, 7) is 2.92. The van der Waals surface area contributed by atoms with Gasteiger partial charge in [-0.2, -0.15) is 0 Å². The molecule has 1 aromatic carbocycles. The Morgan fingerprint density at radius 2 is 2.11 bits per heavy atom. The van der Waals surface area contributed by atoms with Crippen molar-refractivity contribution in [2.75, 3.05) is 6.54 Å². The van der Waals surface area contributed by atoms with E-state index in [1.54, 1.807) is 6.07 Å². The van der Waals surface area contributed by atoms with E-state index < -0.39 is 10.0 Å². The van der Waals surface area contributed by atoms with Gasteiger partial charge in [-0.05, 0) is 24.1 Å². The largest absolute Gasteiger partial charge is 0.345 e. The minimum Gasteiger partial charge on any atom is -0.345 e. The number of unbranched alkanes of at least 4 members (excludes halogenated alkanes) is 1. The van der Waals surface area contributed by atoms with Crippen molar-refractivity contribution in [1.29, 1.82) is 0 Å². The summed E-state index contributed by atoms with van der Waals surface area (Å²) in [5.74, 6) is 0. The number of H-pyrrole nitrogens is 1. The Labute approximate surface area is 113 Å². The molecule has 0 aliphatic heterocycles. The van der Waals surface area contributed by atoms with E-state index in [0.29, 0.717) is 13.1 Å². The quantitative estimate of drug-likeness (QED) is 0.704. The topological polar surface area (TPSA) is 88.0 Å². The van der Waals surface area contributed by atoms with Gasteiger partial charge in [0.15, 0.2) is 0 Å². The molecule has 1 heterocycles. The lowest BCUT2D eigenvalue weighted by Gasteiger charge is -2.03. The van der Waals surface area contributed by atoms with Crippen LogP contribution in [0.4, 0.5) is 0 Å². The Morgan fingerprint density at radius 1 is 1.32 bits per heavy atom. The number of aromatic amines is 1. The standard InChI is InChI=1S/C13H19N3O2S/c1-2-3-6-15-19(17,18)13-8-11-5-4-10(9-14)7-12(11)16-13/h4-5,7-8,15-16H,2-3,6,9,14H2,1H3. The average Bonchev–Trinajstić information content (AvgIpc) is 2.82. The molecule has 0 radical (unpaired) electrons. The van der Waals surface area contributed by atoms with Gasteiger partial charge in [0.2, 0.25) is 0 Å². The maximum Gasteiger partial charge on any atom is 0.256 e. The first-order chi connectivity index (χ1) is 9.06. The molecule has 0 atom stereocenters. The number of benzene rings is 1. The van der Waals surface area contributed by atoms with Gasteiger partial charge in [0.1, 0.15) is 5.03 Å². The monoisotopic (exact) mass is 281 g/mol. The van der Waals surface area contributed by atoms with Gasteiger partial charge in [0.05, 0.1) is 0 Å². The first kappa shape index (κ1) is 14.0. The molecule has 5 nitrogen and oxygen atoms in total. The van der Waals surface area contributed by atoms with Crippen LogP contribution in [0.3, 0.4) is 0 Å². The van der Waals surface area contributed by atoms with Crippen LogP contribution < -0.4 is 10.5 Å². The summed E-state index contributed by atoms with van der Waals surface area (Å²) in [6.07, 6.45) is 1.78. The van der Waals surface area contributed by atoms with Crippen molar-refractivity contribution in [3.63, 3.8) is 0 Å². The Bertz CT molecular complexity index is 662. The van der Waals surface area contributed by atoms with Crippen molar-refractivity contribution >= 4 is 20.9 Å². The number of rotatable bonds is 6. The van der Waals surface area contributed by atoms with Crippen molar-refractivity contribution in [3.8, 4) is 0 Å². The van der Waals surface area contributed by atoms with Crippen molar-refractivity contribution in [2.45, 2.75) is 31.3 Å². The van der Waals surface area contributed by atoms with Crippen LogP contribution >= 0.6 is 0 Å². The van der Waals surface area contributed by atoms with Crippen LogP contribution in [0.15, 0.2) is 29.3 Å². The van der Waals surface area contributed by atoms with Gasteiger partial charge in [0.25, 0.3) is 10.0 Å². The smallest absolute Gasteiger partial charge is 0.256 e. The van der Waals surface area contributed by atoms with Crippen molar-refractivity contribution in [3.05, 3.63) is 29.8 Å². The normalized spacial score (nSPS) is 12.1. The zero-order valence-electron chi connectivity index (χ0n) is 10.9. The Kier molecular flexibility index (Phi) is 4.24. The summed E-state index contributed by atoms with van der Waals surface area (Å²) in [5, 5.41) is 1.07. The molecule has 104 valence electrons. The summed E-state index contributed by atoms with van der Waals surface area (Å²) in [4.78, 5) is 2.93. The number of aromatic nitrogens is 1. The van der Waals surface area contributed by atoms with Crippen molar-refractivity contribution < 1.29 is 8.42 Å². The lowest BCUT2D eigenvalue weighted by atomic mass is 10.2. The molecule has 2 rings (SSSR count). The van der Waals surface area contributed by atoms with Crippen molar-refractivity contribution in [1.82, 2.24) is 9.71 Å². The fourth-order valence-electron chi connectivity index (χ4n) is 1.88. The number of nitrogens with two attached hydrogens (primary N) is 1. The molecule has 2 aromatic rings. The van der Waals surface area contributed by atoms with E-state index in [-0.39, 0.29) is 5.03 Å². The molecule has 0 aliphatic rings. The van der Waals surface area contributed by atoms with E-state index in [2.05, 4.69) is 9.71 Å². The second-order valence-corrected chi connectivity index (χ2v) is 6.25. The van der Waals surface area contributed by atoms with Gasteiger partial charge < -0.3 is 10.7 Å². The summed E-state index contributed by atoms with van der Waals surface area (Å²) < 4.78 is 26.7. The molecular weight excluding hydrogens is 262 g/mol. The minimum atomic E-state index is -3.45. The number of sulfonamides is 1. The van der Waals surface area contributed by atoms with Crippen LogP contribution in [0, 0.1) is 0 Å². The van der Waals surface area contributed by atoms with Gasteiger partial charge in [-0.25, -0.2) is 13.1 Å². The molecule has 0 unspecified atom stereocenters.